The molecular weight excluding hydrogens is 378 g/mol. The lowest BCUT2D eigenvalue weighted by Crippen LogP contribution is -2.37. The first-order valence-corrected chi connectivity index (χ1v) is 10.0. The summed E-state index contributed by atoms with van der Waals surface area (Å²) in [6.45, 7) is 1.92. The van der Waals surface area contributed by atoms with Gasteiger partial charge in [-0.15, -0.1) is 10.2 Å². The molecule has 1 fully saturated rings. The standard InChI is InChI=1S/C22H25N7O/c1-23-22(25-15-20-27-26-16-29(20)18-6-3-2-4-7-18)24-14-17-9-11-19(12-10-17)28-13-5-8-21(28)30/h2-4,6-7,9-12,16H,5,8,13-15H2,1H3,(H2,23,24,25). The minimum absolute atomic E-state index is 0.203. The Morgan fingerprint density at radius 2 is 1.80 bits per heavy atom. The number of benzene rings is 2. The van der Waals surface area contributed by atoms with Crippen LogP contribution in [0.4, 0.5) is 5.69 Å². The highest BCUT2D eigenvalue weighted by atomic mass is 16.2. The third-order valence-electron chi connectivity index (χ3n) is 5.07. The summed E-state index contributed by atoms with van der Waals surface area (Å²) in [6.07, 6.45) is 3.28. The smallest absolute Gasteiger partial charge is 0.227 e. The second-order valence-corrected chi connectivity index (χ2v) is 7.05. The van der Waals surface area contributed by atoms with E-state index in [1.165, 1.54) is 0 Å². The van der Waals surface area contributed by atoms with E-state index < -0.39 is 0 Å². The zero-order valence-electron chi connectivity index (χ0n) is 17.0. The number of aliphatic imine (C=N–C) groups is 1. The van der Waals surface area contributed by atoms with E-state index in [0.29, 0.717) is 25.5 Å². The van der Waals surface area contributed by atoms with Crippen LogP contribution in [0.3, 0.4) is 0 Å². The van der Waals surface area contributed by atoms with Crippen LogP contribution in [0.1, 0.15) is 24.2 Å². The number of rotatable bonds is 6. The summed E-state index contributed by atoms with van der Waals surface area (Å²) in [4.78, 5) is 18.0. The van der Waals surface area contributed by atoms with Crippen LogP contribution in [0, 0.1) is 0 Å². The van der Waals surface area contributed by atoms with E-state index in [-0.39, 0.29) is 5.91 Å². The van der Waals surface area contributed by atoms with Gasteiger partial charge in [0, 0.05) is 37.9 Å². The van der Waals surface area contributed by atoms with Crippen molar-refractivity contribution < 1.29 is 4.79 Å². The average molecular weight is 403 g/mol. The van der Waals surface area contributed by atoms with Crippen LogP contribution in [0.25, 0.3) is 5.69 Å². The number of hydrogen-bond acceptors (Lipinski definition) is 4. The highest BCUT2D eigenvalue weighted by molar-refractivity contribution is 5.95. The lowest BCUT2D eigenvalue weighted by Gasteiger charge is -2.16. The molecule has 2 heterocycles. The molecule has 0 spiro atoms. The fourth-order valence-electron chi connectivity index (χ4n) is 3.47. The van der Waals surface area contributed by atoms with Crippen LogP contribution in [-0.2, 0) is 17.9 Å². The summed E-state index contributed by atoms with van der Waals surface area (Å²) in [5.74, 6) is 1.68. The first-order chi connectivity index (χ1) is 14.7. The summed E-state index contributed by atoms with van der Waals surface area (Å²) in [7, 11) is 1.74. The molecule has 3 aromatic rings. The average Bonchev–Trinajstić information content (AvgIpc) is 3.44. The molecular formula is C22H25N7O. The van der Waals surface area contributed by atoms with Crippen LogP contribution in [-0.4, -0.2) is 40.2 Å². The first-order valence-electron chi connectivity index (χ1n) is 10.0. The second kappa shape index (κ2) is 9.21. The molecule has 0 bridgehead atoms. The minimum atomic E-state index is 0.203. The van der Waals surface area contributed by atoms with Crippen LogP contribution in [0.15, 0.2) is 65.9 Å². The van der Waals surface area contributed by atoms with E-state index in [1.54, 1.807) is 13.4 Å². The van der Waals surface area contributed by atoms with Gasteiger partial charge in [0.1, 0.15) is 6.33 Å². The number of carbonyl (C=O) groups excluding carboxylic acids is 1. The Kier molecular flexibility index (Phi) is 6.03. The van der Waals surface area contributed by atoms with Crippen molar-refractivity contribution in [3.63, 3.8) is 0 Å². The highest BCUT2D eigenvalue weighted by Gasteiger charge is 2.21. The van der Waals surface area contributed by atoms with Crippen molar-refractivity contribution >= 4 is 17.6 Å². The van der Waals surface area contributed by atoms with Crippen molar-refractivity contribution in [3.05, 3.63) is 72.3 Å². The quantitative estimate of drug-likeness (QED) is 0.487. The number of carbonyl (C=O) groups is 1. The Labute approximate surface area is 175 Å². The van der Waals surface area contributed by atoms with Crippen molar-refractivity contribution in [3.8, 4) is 5.69 Å². The van der Waals surface area contributed by atoms with Gasteiger partial charge in [0.15, 0.2) is 11.8 Å². The molecule has 1 aliphatic rings. The normalized spacial score (nSPS) is 14.2. The molecule has 1 aromatic heterocycles. The number of nitrogens with zero attached hydrogens (tertiary/aromatic N) is 5. The lowest BCUT2D eigenvalue weighted by atomic mass is 10.2. The number of amides is 1. The number of nitrogens with one attached hydrogen (secondary N) is 2. The molecule has 2 N–H and O–H groups in total. The molecule has 0 aliphatic carbocycles. The topological polar surface area (TPSA) is 87.4 Å². The maximum absolute atomic E-state index is 11.9. The molecule has 8 heteroatoms. The zero-order chi connectivity index (χ0) is 20.8. The minimum Gasteiger partial charge on any atom is -0.352 e. The van der Waals surface area contributed by atoms with Gasteiger partial charge < -0.3 is 15.5 Å². The molecule has 4 rings (SSSR count). The molecule has 0 unspecified atom stereocenters. The van der Waals surface area contributed by atoms with Gasteiger partial charge in [-0.1, -0.05) is 30.3 Å². The lowest BCUT2D eigenvalue weighted by molar-refractivity contribution is -0.117. The van der Waals surface area contributed by atoms with Gasteiger partial charge in [0.25, 0.3) is 0 Å². The first kappa shape index (κ1) is 19.6. The molecule has 0 atom stereocenters. The second-order valence-electron chi connectivity index (χ2n) is 7.05. The summed E-state index contributed by atoms with van der Waals surface area (Å²) in [6, 6.07) is 18.0. The molecule has 8 nitrogen and oxygen atoms in total. The van der Waals surface area contributed by atoms with Gasteiger partial charge in [-0.2, -0.15) is 0 Å². The molecule has 1 aliphatic heterocycles. The van der Waals surface area contributed by atoms with E-state index in [0.717, 1.165) is 35.7 Å². The van der Waals surface area contributed by atoms with E-state index in [9.17, 15) is 4.79 Å². The maximum atomic E-state index is 11.9. The van der Waals surface area contributed by atoms with Gasteiger partial charge in [-0.3, -0.25) is 14.4 Å². The van der Waals surface area contributed by atoms with Crippen molar-refractivity contribution in [1.82, 2.24) is 25.4 Å². The molecule has 154 valence electrons. The van der Waals surface area contributed by atoms with Crippen LogP contribution < -0.4 is 15.5 Å². The monoisotopic (exact) mass is 403 g/mol. The third kappa shape index (κ3) is 4.48. The molecule has 1 saturated heterocycles. The van der Waals surface area contributed by atoms with Crippen molar-refractivity contribution in [2.75, 3.05) is 18.5 Å². The largest absolute Gasteiger partial charge is 0.352 e. The van der Waals surface area contributed by atoms with Gasteiger partial charge in [-0.05, 0) is 36.2 Å². The number of hydrogen-bond donors (Lipinski definition) is 2. The summed E-state index contributed by atoms with van der Waals surface area (Å²) in [5.41, 5.74) is 3.09. The Hall–Kier alpha value is -3.68. The number of aromatic nitrogens is 3. The van der Waals surface area contributed by atoms with Crippen molar-refractivity contribution in [2.24, 2.45) is 4.99 Å². The predicted molar refractivity (Wildman–Crippen MR) is 116 cm³/mol. The third-order valence-corrected chi connectivity index (χ3v) is 5.07. The van der Waals surface area contributed by atoms with Gasteiger partial charge in [0.2, 0.25) is 5.91 Å². The van der Waals surface area contributed by atoms with Crippen LogP contribution in [0.2, 0.25) is 0 Å². The van der Waals surface area contributed by atoms with E-state index in [4.69, 9.17) is 0 Å². The summed E-state index contributed by atoms with van der Waals surface area (Å²) >= 11 is 0. The van der Waals surface area contributed by atoms with Gasteiger partial charge >= 0.3 is 0 Å². The molecule has 1 amide bonds. The molecule has 0 saturated carbocycles. The van der Waals surface area contributed by atoms with Gasteiger partial charge in [-0.25, -0.2) is 0 Å². The van der Waals surface area contributed by atoms with E-state index in [1.807, 2.05) is 64.1 Å². The molecule has 30 heavy (non-hydrogen) atoms. The van der Waals surface area contributed by atoms with Crippen LogP contribution >= 0.6 is 0 Å². The Bertz CT molecular complexity index is 1010. The SMILES string of the molecule is CN=C(NCc1ccc(N2CCCC2=O)cc1)NCc1nncn1-c1ccccc1. The zero-order valence-corrected chi connectivity index (χ0v) is 17.0. The highest BCUT2D eigenvalue weighted by Crippen LogP contribution is 2.21. The Morgan fingerprint density at radius 1 is 1.03 bits per heavy atom. The molecule has 0 radical (unpaired) electrons. The number of para-hydroxylation sites is 1. The fourth-order valence-corrected chi connectivity index (χ4v) is 3.47. The van der Waals surface area contributed by atoms with Crippen molar-refractivity contribution in [1.29, 1.82) is 0 Å². The Morgan fingerprint density at radius 3 is 2.50 bits per heavy atom. The maximum Gasteiger partial charge on any atom is 0.227 e. The van der Waals surface area contributed by atoms with E-state index >= 15 is 0 Å². The summed E-state index contributed by atoms with van der Waals surface area (Å²) in [5, 5.41) is 14.8. The van der Waals surface area contributed by atoms with Gasteiger partial charge in [0.05, 0.1) is 6.54 Å². The van der Waals surface area contributed by atoms with E-state index in [2.05, 4.69) is 25.8 Å². The Balaban J connectivity index is 1.32. The molecule has 2 aromatic carbocycles. The van der Waals surface area contributed by atoms with Crippen molar-refractivity contribution in [2.45, 2.75) is 25.9 Å². The predicted octanol–water partition coefficient (Wildman–Crippen LogP) is 2.26. The number of anilines is 1. The van der Waals surface area contributed by atoms with Crippen LogP contribution in [0.5, 0.6) is 0 Å². The summed E-state index contributed by atoms with van der Waals surface area (Å²) < 4.78 is 1.94. The fraction of sp³-hybridized carbons (Fsp3) is 0.273. The number of guanidine groups is 1.